The monoisotopic (exact) mass is 240 g/mol. The largest absolute Gasteiger partial charge is 0.362 e. The quantitative estimate of drug-likeness (QED) is 0.684. The summed E-state index contributed by atoms with van der Waals surface area (Å²) in [6.07, 6.45) is 0.281. The highest BCUT2D eigenvalue weighted by molar-refractivity contribution is 9.10. The van der Waals surface area contributed by atoms with E-state index in [4.69, 9.17) is 4.74 Å². The van der Waals surface area contributed by atoms with Crippen LogP contribution in [0.4, 0.5) is 0 Å². The van der Waals surface area contributed by atoms with Crippen LogP contribution in [0.1, 0.15) is 31.1 Å². The van der Waals surface area contributed by atoms with Gasteiger partial charge in [0.25, 0.3) is 0 Å². The molecule has 0 bridgehead atoms. The van der Waals surface area contributed by atoms with E-state index < -0.39 is 0 Å². The Morgan fingerprint density at radius 3 is 2.38 bits per heavy atom. The van der Waals surface area contributed by atoms with Crippen LogP contribution in [-0.4, -0.2) is 5.60 Å². The van der Waals surface area contributed by atoms with Crippen LogP contribution in [0.15, 0.2) is 22.7 Å². The van der Waals surface area contributed by atoms with Crippen molar-refractivity contribution in [2.75, 3.05) is 0 Å². The lowest BCUT2D eigenvalue weighted by Gasteiger charge is -2.01. The van der Waals surface area contributed by atoms with Gasteiger partial charge in [0.1, 0.15) is 6.10 Å². The number of ether oxygens (including phenoxy) is 1. The normalized spacial score (nSPS) is 24.5. The Morgan fingerprint density at radius 2 is 1.92 bits per heavy atom. The van der Waals surface area contributed by atoms with E-state index in [1.54, 1.807) is 0 Å². The summed E-state index contributed by atoms with van der Waals surface area (Å²) in [7, 11) is 0. The number of rotatable bonds is 1. The van der Waals surface area contributed by atoms with Crippen LogP contribution < -0.4 is 0 Å². The fraction of sp³-hybridized carbons (Fsp3) is 0.455. The molecule has 0 aromatic heterocycles. The zero-order chi connectivity index (χ0) is 9.64. The summed E-state index contributed by atoms with van der Waals surface area (Å²) in [5, 5.41) is 0. The topological polar surface area (TPSA) is 12.5 Å². The molecule has 1 aromatic carbocycles. The molecule has 1 saturated heterocycles. The van der Waals surface area contributed by atoms with Gasteiger partial charge < -0.3 is 4.74 Å². The lowest BCUT2D eigenvalue weighted by atomic mass is 10.0. The van der Waals surface area contributed by atoms with Gasteiger partial charge in [-0.1, -0.05) is 22.0 Å². The van der Waals surface area contributed by atoms with Gasteiger partial charge in [0.2, 0.25) is 0 Å². The average Bonchev–Trinajstić information content (AvgIpc) is 2.57. The first kappa shape index (κ1) is 9.22. The van der Waals surface area contributed by atoms with Crippen molar-refractivity contribution in [2.45, 2.75) is 32.5 Å². The van der Waals surface area contributed by atoms with Crippen molar-refractivity contribution in [3.8, 4) is 0 Å². The molecule has 70 valence electrons. The van der Waals surface area contributed by atoms with Gasteiger partial charge in [0.05, 0.1) is 5.60 Å². The Hall–Kier alpha value is -0.340. The summed E-state index contributed by atoms with van der Waals surface area (Å²) in [4.78, 5) is 0. The van der Waals surface area contributed by atoms with Crippen LogP contribution in [0.2, 0.25) is 0 Å². The summed E-state index contributed by atoms with van der Waals surface area (Å²) in [5.74, 6) is 0. The first-order chi connectivity index (χ1) is 5.99. The summed E-state index contributed by atoms with van der Waals surface area (Å²) < 4.78 is 6.71. The van der Waals surface area contributed by atoms with Gasteiger partial charge in [-0.25, -0.2) is 0 Å². The van der Waals surface area contributed by atoms with Crippen LogP contribution in [0.5, 0.6) is 0 Å². The maximum Gasteiger partial charge on any atom is 0.112 e. The molecule has 2 rings (SSSR count). The summed E-state index contributed by atoms with van der Waals surface area (Å²) in [6, 6.07) is 6.43. The summed E-state index contributed by atoms with van der Waals surface area (Å²) >= 11 is 3.49. The van der Waals surface area contributed by atoms with Gasteiger partial charge >= 0.3 is 0 Å². The molecule has 1 fully saturated rings. The minimum atomic E-state index is 0.0350. The molecular formula is C11H13BrO. The van der Waals surface area contributed by atoms with Crippen molar-refractivity contribution in [3.05, 3.63) is 33.8 Å². The maximum absolute atomic E-state index is 5.58. The van der Waals surface area contributed by atoms with E-state index >= 15 is 0 Å². The van der Waals surface area contributed by atoms with E-state index in [1.807, 2.05) is 0 Å². The van der Waals surface area contributed by atoms with Gasteiger partial charge in [-0.2, -0.15) is 0 Å². The zero-order valence-corrected chi connectivity index (χ0v) is 9.68. The van der Waals surface area contributed by atoms with Crippen molar-refractivity contribution in [1.29, 1.82) is 0 Å². The summed E-state index contributed by atoms with van der Waals surface area (Å²) in [6.45, 7) is 6.34. The zero-order valence-electron chi connectivity index (χ0n) is 8.10. The molecule has 1 aliphatic rings. The molecule has 0 radical (unpaired) electrons. The number of halogens is 1. The maximum atomic E-state index is 5.58. The molecule has 0 amide bonds. The molecule has 13 heavy (non-hydrogen) atoms. The Morgan fingerprint density at radius 1 is 1.31 bits per heavy atom. The van der Waals surface area contributed by atoms with Gasteiger partial charge in [-0.3, -0.25) is 0 Å². The van der Waals surface area contributed by atoms with Crippen LogP contribution in [0.25, 0.3) is 0 Å². The lowest BCUT2D eigenvalue weighted by Crippen LogP contribution is -1.97. The van der Waals surface area contributed by atoms with Gasteiger partial charge in [-0.15, -0.1) is 0 Å². The van der Waals surface area contributed by atoms with Crippen molar-refractivity contribution in [3.63, 3.8) is 0 Å². The Balaban J connectivity index is 2.32. The van der Waals surface area contributed by atoms with Gasteiger partial charge in [0, 0.05) is 4.47 Å². The third kappa shape index (κ3) is 1.79. The van der Waals surface area contributed by atoms with Crippen LogP contribution in [0, 0.1) is 6.92 Å². The van der Waals surface area contributed by atoms with Crippen molar-refractivity contribution in [1.82, 2.24) is 0 Å². The molecule has 0 unspecified atom stereocenters. The predicted molar refractivity (Wildman–Crippen MR) is 56.8 cm³/mol. The fourth-order valence-electron chi connectivity index (χ4n) is 1.66. The number of benzene rings is 1. The molecular weight excluding hydrogens is 228 g/mol. The third-order valence-corrected chi connectivity index (χ3v) is 2.82. The van der Waals surface area contributed by atoms with Gasteiger partial charge in [-0.05, 0) is 44.0 Å². The second kappa shape index (κ2) is 2.82. The number of aryl methyl sites for hydroxylation is 1. The highest BCUT2D eigenvalue weighted by Gasteiger charge is 2.48. The fourth-order valence-corrected chi connectivity index (χ4v) is 2.28. The minimum Gasteiger partial charge on any atom is -0.362 e. The van der Waals surface area contributed by atoms with E-state index in [0.717, 1.165) is 4.47 Å². The molecule has 0 spiro atoms. The lowest BCUT2D eigenvalue weighted by molar-refractivity contribution is 0.325. The van der Waals surface area contributed by atoms with E-state index in [9.17, 15) is 0 Å². The second-order valence-electron chi connectivity index (χ2n) is 4.16. The van der Waals surface area contributed by atoms with E-state index in [0.29, 0.717) is 0 Å². The minimum absolute atomic E-state index is 0.0350. The van der Waals surface area contributed by atoms with Crippen molar-refractivity contribution in [2.24, 2.45) is 0 Å². The molecule has 0 N–H and O–H groups in total. The van der Waals surface area contributed by atoms with Gasteiger partial charge in [0.15, 0.2) is 0 Å². The predicted octanol–water partition coefficient (Wildman–Crippen LogP) is 3.61. The van der Waals surface area contributed by atoms with E-state index in [-0.39, 0.29) is 11.7 Å². The van der Waals surface area contributed by atoms with Crippen molar-refractivity contribution >= 4 is 15.9 Å². The first-order valence-electron chi connectivity index (χ1n) is 4.44. The van der Waals surface area contributed by atoms with Crippen LogP contribution in [-0.2, 0) is 4.74 Å². The number of hydrogen-bond donors (Lipinski definition) is 0. The first-order valence-corrected chi connectivity index (χ1v) is 5.23. The second-order valence-corrected chi connectivity index (χ2v) is 5.08. The molecule has 1 nitrogen and oxygen atoms in total. The van der Waals surface area contributed by atoms with E-state index in [1.165, 1.54) is 11.1 Å². The van der Waals surface area contributed by atoms with Crippen LogP contribution in [0.3, 0.4) is 0 Å². The Labute approximate surface area is 87.2 Å². The standard InChI is InChI=1S/C11H13BrO/c1-7-4-8(6-9(12)5-7)10-11(2,3)13-10/h4-6,10H,1-3H3/t10-/m0/s1. The van der Waals surface area contributed by atoms with Crippen molar-refractivity contribution < 1.29 is 4.74 Å². The Bertz CT molecular complexity index is 324. The van der Waals surface area contributed by atoms with Crippen LogP contribution >= 0.6 is 15.9 Å². The molecule has 1 heterocycles. The molecule has 1 aromatic rings. The molecule has 1 atom stereocenters. The summed E-state index contributed by atoms with van der Waals surface area (Å²) in [5.41, 5.74) is 2.58. The molecule has 1 aliphatic heterocycles. The molecule has 2 heteroatoms. The molecule has 0 aliphatic carbocycles. The number of epoxide rings is 1. The Kier molecular flexibility index (Phi) is 2.00. The highest BCUT2D eigenvalue weighted by Crippen LogP contribution is 2.49. The number of hydrogen-bond acceptors (Lipinski definition) is 1. The van der Waals surface area contributed by atoms with E-state index in [2.05, 4.69) is 54.9 Å². The highest BCUT2D eigenvalue weighted by atomic mass is 79.9. The SMILES string of the molecule is Cc1cc(Br)cc([C@@H]2OC2(C)C)c1. The molecule has 0 saturated carbocycles. The third-order valence-electron chi connectivity index (χ3n) is 2.36. The average molecular weight is 241 g/mol. The smallest absolute Gasteiger partial charge is 0.112 e.